The molecule has 1 aliphatic heterocycles. The standard InChI is InChI=1S/C11H22N2O/c1-4-5-6-11(14)10-9-12(2)7-8-13(10)3/h4,10-11,14H,1,5-9H2,2-3H3. The minimum Gasteiger partial charge on any atom is -0.391 e. The molecule has 1 rings (SSSR count). The first kappa shape index (κ1) is 11.7. The molecule has 1 fully saturated rings. The van der Waals surface area contributed by atoms with E-state index in [9.17, 15) is 5.11 Å². The van der Waals surface area contributed by atoms with Gasteiger partial charge in [-0.2, -0.15) is 0 Å². The monoisotopic (exact) mass is 198 g/mol. The van der Waals surface area contributed by atoms with E-state index in [1.807, 2.05) is 6.08 Å². The van der Waals surface area contributed by atoms with Crippen LogP contribution in [-0.4, -0.2) is 60.8 Å². The highest BCUT2D eigenvalue weighted by molar-refractivity contribution is 4.85. The van der Waals surface area contributed by atoms with Crippen molar-refractivity contribution in [2.45, 2.75) is 25.0 Å². The molecule has 14 heavy (non-hydrogen) atoms. The highest BCUT2D eigenvalue weighted by Gasteiger charge is 2.27. The minimum atomic E-state index is -0.222. The summed E-state index contributed by atoms with van der Waals surface area (Å²) in [6.07, 6.45) is 3.37. The van der Waals surface area contributed by atoms with Crippen LogP contribution in [0.3, 0.4) is 0 Å². The molecule has 0 saturated carbocycles. The molecule has 0 aromatic rings. The van der Waals surface area contributed by atoms with Gasteiger partial charge >= 0.3 is 0 Å². The van der Waals surface area contributed by atoms with E-state index in [1.54, 1.807) is 0 Å². The fraction of sp³-hybridized carbons (Fsp3) is 0.818. The van der Waals surface area contributed by atoms with Crippen LogP contribution in [0.2, 0.25) is 0 Å². The summed E-state index contributed by atoms with van der Waals surface area (Å²) in [5.74, 6) is 0. The summed E-state index contributed by atoms with van der Waals surface area (Å²) in [5, 5.41) is 9.98. The normalized spacial score (nSPS) is 27.5. The molecule has 0 aromatic heterocycles. The van der Waals surface area contributed by atoms with Gasteiger partial charge in [0.05, 0.1) is 6.10 Å². The molecule has 1 N–H and O–H groups in total. The number of aliphatic hydroxyl groups is 1. The summed E-state index contributed by atoms with van der Waals surface area (Å²) in [6, 6.07) is 0.286. The van der Waals surface area contributed by atoms with E-state index >= 15 is 0 Å². The van der Waals surface area contributed by atoms with Crippen LogP contribution in [0, 0.1) is 0 Å². The largest absolute Gasteiger partial charge is 0.391 e. The number of hydrogen-bond acceptors (Lipinski definition) is 3. The Labute approximate surface area is 87.0 Å². The van der Waals surface area contributed by atoms with Gasteiger partial charge < -0.3 is 10.0 Å². The molecule has 0 spiro atoms. The molecule has 2 atom stereocenters. The van der Waals surface area contributed by atoms with Crippen LogP contribution in [0.25, 0.3) is 0 Å². The van der Waals surface area contributed by atoms with E-state index in [0.717, 1.165) is 32.5 Å². The van der Waals surface area contributed by atoms with E-state index in [-0.39, 0.29) is 12.1 Å². The van der Waals surface area contributed by atoms with Crippen LogP contribution >= 0.6 is 0 Å². The van der Waals surface area contributed by atoms with Crippen molar-refractivity contribution in [1.29, 1.82) is 0 Å². The van der Waals surface area contributed by atoms with Crippen molar-refractivity contribution in [3.05, 3.63) is 12.7 Å². The number of allylic oxidation sites excluding steroid dienone is 1. The van der Waals surface area contributed by atoms with Crippen LogP contribution in [0.15, 0.2) is 12.7 Å². The molecule has 1 saturated heterocycles. The lowest BCUT2D eigenvalue weighted by molar-refractivity contribution is 0.0114. The van der Waals surface area contributed by atoms with Gasteiger partial charge in [0.25, 0.3) is 0 Å². The Morgan fingerprint density at radius 1 is 1.50 bits per heavy atom. The zero-order valence-corrected chi connectivity index (χ0v) is 9.32. The fourth-order valence-corrected chi connectivity index (χ4v) is 1.94. The lowest BCUT2D eigenvalue weighted by Crippen LogP contribution is -2.54. The van der Waals surface area contributed by atoms with Gasteiger partial charge in [-0.25, -0.2) is 0 Å². The molecule has 3 nitrogen and oxygen atoms in total. The Balaban J connectivity index is 2.42. The number of piperazine rings is 1. The Hall–Kier alpha value is -0.380. The van der Waals surface area contributed by atoms with E-state index in [1.165, 1.54) is 0 Å². The Kier molecular flexibility index (Phi) is 4.58. The van der Waals surface area contributed by atoms with Crippen molar-refractivity contribution < 1.29 is 5.11 Å². The Morgan fingerprint density at radius 3 is 2.86 bits per heavy atom. The van der Waals surface area contributed by atoms with Crippen molar-refractivity contribution in [1.82, 2.24) is 9.80 Å². The molecule has 2 unspecified atom stereocenters. The van der Waals surface area contributed by atoms with Gasteiger partial charge in [0.15, 0.2) is 0 Å². The maximum Gasteiger partial charge on any atom is 0.0710 e. The molecule has 1 heterocycles. The van der Waals surface area contributed by atoms with Crippen LogP contribution < -0.4 is 0 Å². The highest BCUT2D eigenvalue weighted by Crippen LogP contribution is 2.13. The first-order valence-corrected chi connectivity index (χ1v) is 5.33. The van der Waals surface area contributed by atoms with Crippen LogP contribution in [-0.2, 0) is 0 Å². The van der Waals surface area contributed by atoms with Crippen molar-refractivity contribution >= 4 is 0 Å². The summed E-state index contributed by atoms with van der Waals surface area (Å²) >= 11 is 0. The number of rotatable bonds is 4. The molecule has 0 aliphatic carbocycles. The van der Waals surface area contributed by atoms with E-state index in [2.05, 4.69) is 30.5 Å². The molecule has 1 aliphatic rings. The molecular formula is C11H22N2O. The SMILES string of the molecule is C=CCCC(O)C1CN(C)CCN1C. The number of hydrogen-bond donors (Lipinski definition) is 1. The quantitative estimate of drug-likeness (QED) is 0.669. The smallest absolute Gasteiger partial charge is 0.0710 e. The van der Waals surface area contributed by atoms with Gasteiger partial charge in [-0.15, -0.1) is 6.58 Å². The topological polar surface area (TPSA) is 26.7 Å². The van der Waals surface area contributed by atoms with E-state index < -0.39 is 0 Å². The van der Waals surface area contributed by atoms with Gasteiger partial charge in [-0.1, -0.05) is 6.08 Å². The molecule has 82 valence electrons. The van der Waals surface area contributed by atoms with Gasteiger partial charge in [-0.05, 0) is 26.9 Å². The fourth-order valence-electron chi connectivity index (χ4n) is 1.94. The van der Waals surface area contributed by atoms with E-state index in [4.69, 9.17) is 0 Å². The summed E-state index contributed by atoms with van der Waals surface area (Å²) in [6.45, 7) is 6.79. The predicted octanol–water partition coefficient (Wildman–Crippen LogP) is 0.559. The zero-order chi connectivity index (χ0) is 10.6. The van der Waals surface area contributed by atoms with Gasteiger partial charge in [0, 0.05) is 25.7 Å². The number of aliphatic hydroxyl groups excluding tert-OH is 1. The summed E-state index contributed by atoms with van der Waals surface area (Å²) in [5.41, 5.74) is 0. The van der Waals surface area contributed by atoms with E-state index in [0.29, 0.717) is 0 Å². The molecule has 0 bridgehead atoms. The van der Waals surface area contributed by atoms with Gasteiger partial charge in [0.1, 0.15) is 0 Å². The number of nitrogens with zero attached hydrogens (tertiary/aromatic N) is 2. The third-order valence-electron chi connectivity index (χ3n) is 3.01. The lowest BCUT2D eigenvalue weighted by Gasteiger charge is -2.40. The molecule has 0 aromatic carbocycles. The predicted molar refractivity (Wildman–Crippen MR) is 59.4 cm³/mol. The molecular weight excluding hydrogens is 176 g/mol. The zero-order valence-electron chi connectivity index (χ0n) is 9.32. The summed E-state index contributed by atoms with van der Waals surface area (Å²) in [7, 11) is 4.20. The van der Waals surface area contributed by atoms with Crippen molar-refractivity contribution in [3.63, 3.8) is 0 Å². The first-order valence-electron chi connectivity index (χ1n) is 5.33. The third-order valence-corrected chi connectivity index (χ3v) is 3.01. The van der Waals surface area contributed by atoms with Crippen LogP contribution in [0.5, 0.6) is 0 Å². The van der Waals surface area contributed by atoms with Gasteiger partial charge in [0.2, 0.25) is 0 Å². The maximum absolute atomic E-state index is 9.98. The molecule has 0 amide bonds. The van der Waals surface area contributed by atoms with Crippen molar-refractivity contribution in [2.75, 3.05) is 33.7 Å². The second kappa shape index (κ2) is 5.49. The second-order valence-corrected chi connectivity index (χ2v) is 4.24. The maximum atomic E-state index is 9.98. The van der Waals surface area contributed by atoms with Crippen molar-refractivity contribution in [2.24, 2.45) is 0 Å². The lowest BCUT2D eigenvalue weighted by atomic mass is 10.0. The van der Waals surface area contributed by atoms with Crippen LogP contribution in [0.4, 0.5) is 0 Å². The van der Waals surface area contributed by atoms with Crippen LogP contribution in [0.1, 0.15) is 12.8 Å². The molecule has 3 heteroatoms. The Morgan fingerprint density at radius 2 is 2.21 bits per heavy atom. The third kappa shape index (κ3) is 3.08. The molecule has 0 radical (unpaired) electrons. The minimum absolute atomic E-state index is 0.222. The average molecular weight is 198 g/mol. The number of likely N-dealkylation sites (N-methyl/N-ethyl adjacent to an activating group) is 2. The summed E-state index contributed by atoms with van der Waals surface area (Å²) < 4.78 is 0. The van der Waals surface area contributed by atoms with Gasteiger partial charge in [-0.3, -0.25) is 4.90 Å². The second-order valence-electron chi connectivity index (χ2n) is 4.24. The summed E-state index contributed by atoms with van der Waals surface area (Å²) in [4.78, 5) is 4.54. The highest BCUT2D eigenvalue weighted by atomic mass is 16.3. The van der Waals surface area contributed by atoms with Crippen molar-refractivity contribution in [3.8, 4) is 0 Å². The Bertz CT molecular complexity index is 184. The first-order chi connectivity index (χ1) is 6.65. The average Bonchev–Trinajstić information content (AvgIpc) is 2.18.